The maximum absolute atomic E-state index is 7.12. The fraction of sp³-hybridized carbons (Fsp3) is 0.136. The molecule has 0 atom stereocenters. The summed E-state index contributed by atoms with van der Waals surface area (Å²) in [5.74, 6) is 0. The smallest absolute Gasteiger partial charge is 0.342 e. The van der Waals surface area contributed by atoms with E-state index in [1.54, 1.807) is 0 Å². The molecule has 0 N–H and O–H groups in total. The van der Waals surface area contributed by atoms with Crippen molar-refractivity contribution in [2.45, 2.75) is 39.3 Å². The van der Waals surface area contributed by atoms with Gasteiger partial charge in [-0.1, -0.05) is 112 Å². The lowest BCUT2D eigenvalue weighted by atomic mass is 9.38. The molecule has 0 radical (unpaired) electrons. The molecule has 0 saturated carbocycles. The third-order valence-electron chi connectivity index (χ3n) is 10.2. The number of hydrogen-bond acceptors (Lipinski definition) is 5. The lowest BCUT2D eigenvalue weighted by Crippen LogP contribution is -2.60. The number of hydrogen-bond donors (Lipinski definition) is 0. The number of furan rings is 2. The highest BCUT2D eigenvalue weighted by Gasteiger charge is 2.50. The molecule has 0 aliphatic carbocycles. The van der Waals surface area contributed by atoms with E-state index >= 15 is 0 Å². The van der Waals surface area contributed by atoms with Gasteiger partial charge in [0.15, 0.2) is 0 Å². The zero-order valence-electron chi connectivity index (χ0n) is 30.6. The third-order valence-corrected chi connectivity index (χ3v) is 13.6. The van der Waals surface area contributed by atoms with Crippen molar-refractivity contribution in [1.29, 1.82) is 0 Å². The Balaban J connectivity index is 1.42. The Kier molecular flexibility index (Phi) is 7.54. The molecule has 0 bridgehead atoms. The van der Waals surface area contributed by atoms with Crippen LogP contribution in [0.15, 0.2) is 154 Å². The molecular weight excluding hydrogens is 669 g/mol. The number of nitrogens with zero attached hydrogens (tertiary/aromatic N) is 3. The first-order valence-electron chi connectivity index (χ1n) is 18.1. The van der Waals surface area contributed by atoms with Crippen LogP contribution >= 0.6 is 0 Å². The van der Waals surface area contributed by atoms with E-state index in [1.807, 2.05) is 0 Å². The highest BCUT2D eigenvalue weighted by molar-refractivity contribution is 6.99. The van der Waals surface area contributed by atoms with Crippen LogP contribution in [0.3, 0.4) is 0 Å². The second kappa shape index (κ2) is 12.1. The van der Waals surface area contributed by atoms with E-state index in [2.05, 4.69) is 200 Å². The van der Waals surface area contributed by atoms with Crippen LogP contribution in [0.4, 0.5) is 51.2 Å². The fourth-order valence-electron chi connectivity index (χ4n) is 7.65. The summed E-state index contributed by atoms with van der Waals surface area (Å²) in [4.78, 5) is 7.22. The lowest BCUT2D eigenvalue weighted by Gasteiger charge is -2.41. The summed E-state index contributed by atoms with van der Waals surface area (Å²) in [5.41, 5.74) is 12.9. The van der Waals surface area contributed by atoms with Crippen LogP contribution in [0.2, 0.25) is 39.3 Å². The molecule has 52 heavy (non-hydrogen) atoms. The van der Waals surface area contributed by atoms with Crippen molar-refractivity contribution < 1.29 is 8.83 Å². The standard InChI is InChI=1S/C44H42BN3O2Si2/c1-51(2,3)40-29-38-43(49-40)45-42-36(47(38)33-23-15-9-16-24-33)27-35(46(31-19-11-7-12-20-31)32-21-13-8-14-22-32)28-37(42)48(34-25-17-10-18-26-34)39-30-41(50-44(39)45)52(4,5)6/h7-30H,1-6H3. The topological polar surface area (TPSA) is 36.0 Å². The van der Waals surface area contributed by atoms with Crippen LogP contribution in [0.25, 0.3) is 0 Å². The van der Waals surface area contributed by atoms with Crippen molar-refractivity contribution >= 4 is 102 Å². The molecule has 7 aromatic rings. The maximum atomic E-state index is 7.12. The van der Waals surface area contributed by atoms with Gasteiger partial charge in [-0.05, 0) is 78.3 Å². The molecule has 0 amide bonds. The van der Waals surface area contributed by atoms with Gasteiger partial charge in [-0.3, -0.25) is 0 Å². The van der Waals surface area contributed by atoms with Gasteiger partial charge < -0.3 is 23.5 Å². The van der Waals surface area contributed by atoms with Gasteiger partial charge in [0.1, 0.15) is 27.5 Å². The lowest BCUT2D eigenvalue weighted by molar-refractivity contribution is 0.618. The van der Waals surface area contributed by atoms with Crippen molar-refractivity contribution in [2.24, 2.45) is 0 Å². The highest BCUT2D eigenvalue weighted by atomic mass is 28.3. The van der Waals surface area contributed by atoms with Gasteiger partial charge in [0.2, 0.25) is 0 Å². The van der Waals surface area contributed by atoms with E-state index in [4.69, 9.17) is 8.83 Å². The molecule has 0 spiro atoms. The second-order valence-electron chi connectivity index (χ2n) is 15.9. The van der Waals surface area contributed by atoms with Gasteiger partial charge in [0.05, 0.1) is 27.8 Å². The van der Waals surface area contributed by atoms with Gasteiger partial charge in [0, 0.05) is 34.1 Å². The van der Waals surface area contributed by atoms with Crippen molar-refractivity contribution in [3.05, 3.63) is 146 Å². The molecular formula is C44H42BN3O2Si2. The highest BCUT2D eigenvalue weighted by Crippen LogP contribution is 2.48. The van der Waals surface area contributed by atoms with Gasteiger partial charge >= 0.3 is 6.71 Å². The Morgan fingerprint density at radius 2 is 0.808 bits per heavy atom. The number of benzene rings is 5. The van der Waals surface area contributed by atoms with Gasteiger partial charge in [0.25, 0.3) is 0 Å². The number of para-hydroxylation sites is 4. The molecule has 2 aromatic heterocycles. The van der Waals surface area contributed by atoms with Crippen LogP contribution in [-0.4, -0.2) is 22.9 Å². The second-order valence-corrected chi connectivity index (χ2v) is 25.9. The molecule has 8 heteroatoms. The fourth-order valence-corrected chi connectivity index (χ4v) is 9.62. The third kappa shape index (κ3) is 5.28. The molecule has 2 aliphatic heterocycles. The van der Waals surface area contributed by atoms with Crippen LogP contribution in [0, 0.1) is 0 Å². The summed E-state index contributed by atoms with van der Waals surface area (Å²) >= 11 is 0. The first kappa shape index (κ1) is 32.5. The van der Waals surface area contributed by atoms with Crippen LogP contribution in [0.1, 0.15) is 0 Å². The predicted molar refractivity (Wildman–Crippen MR) is 226 cm³/mol. The van der Waals surface area contributed by atoms with E-state index < -0.39 is 16.1 Å². The van der Waals surface area contributed by atoms with Crippen molar-refractivity contribution in [2.75, 3.05) is 14.7 Å². The molecule has 5 nitrogen and oxygen atoms in total. The molecule has 256 valence electrons. The average molecular weight is 712 g/mol. The number of fused-ring (bicyclic) bond motifs is 4. The van der Waals surface area contributed by atoms with E-state index in [0.29, 0.717) is 0 Å². The van der Waals surface area contributed by atoms with Gasteiger partial charge in [-0.2, -0.15) is 0 Å². The van der Waals surface area contributed by atoms with E-state index in [-0.39, 0.29) is 6.71 Å². The van der Waals surface area contributed by atoms with Crippen molar-refractivity contribution in [3.63, 3.8) is 0 Å². The Labute approximate surface area is 308 Å². The van der Waals surface area contributed by atoms with Gasteiger partial charge in [-0.25, -0.2) is 0 Å². The molecule has 4 heterocycles. The Bertz CT molecular complexity index is 2240. The minimum atomic E-state index is -1.86. The molecule has 5 aromatic carbocycles. The summed E-state index contributed by atoms with van der Waals surface area (Å²) in [5, 5.41) is 2.18. The summed E-state index contributed by atoms with van der Waals surface area (Å²) in [7, 11) is -3.71. The minimum absolute atomic E-state index is 0.207. The molecule has 0 saturated heterocycles. The first-order valence-corrected chi connectivity index (χ1v) is 25.1. The van der Waals surface area contributed by atoms with Crippen LogP contribution < -0.4 is 42.2 Å². The normalized spacial score (nSPS) is 13.5. The Morgan fingerprint density at radius 1 is 0.442 bits per heavy atom. The predicted octanol–water partition coefficient (Wildman–Crippen LogP) is 9.52. The average Bonchev–Trinajstić information content (AvgIpc) is 3.80. The molecule has 2 aliphatic rings. The molecule has 9 rings (SSSR count). The zero-order chi connectivity index (χ0) is 35.8. The Hall–Kier alpha value is -5.44. The SMILES string of the molecule is C[Si](C)(C)c1cc2c(o1)B1c3oc([Si](C)(C)C)cc3N(c3ccccc3)c3cc(N(c4ccccc4)c4ccccc4)cc(c31)N2c1ccccc1. The van der Waals surface area contributed by atoms with Crippen LogP contribution in [0.5, 0.6) is 0 Å². The number of rotatable bonds is 7. The first-order chi connectivity index (χ1) is 25.1. The summed E-state index contributed by atoms with van der Waals surface area (Å²) in [6.07, 6.45) is 0. The van der Waals surface area contributed by atoms with E-state index in [0.717, 1.165) is 73.3 Å². The van der Waals surface area contributed by atoms with Crippen molar-refractivity contribution in [3.8, 4) is 0 Å². The van der Waals surface area contributed by atoms with Crippen molar-refractivity contribution in [1.82, 2.24) is 0 Å². The largest absolute Gasteiger partial charge is 0.478 e. The quantitative estimate of drug-likeness (QED) is 0.154. The number of anilines is 9. The van der Waals surface area contributed by atoms with E-state index in [9.17, 15) is 0 Å². The summed E-state index contributed by atoms with van der Waals surface area (Å²) in [6.45, 7) is 13.9. The maximum Gasteiger partial charge on any atom is 0.342 e. The molecule has 0 fully saturated rings. The zero-order valence-corrected chi connectivity index (χ0v) is 32.6. The van der Waals surface area contributed by atoms with E-state index in [1.165, 1.54) is 5.46 Å². The Morgan fingerprint density at radius 3 is 1.17 bits per heavy atom. The summed E-state index contributed by atoms with van der Waals surface area (Å²) in [6, 6.07) is 52.2. The molecule has 0 unspecified atom stereocenters. The van der Waals surface area contributed by atoms with Gasteiger partial charge in [-0.15, -0.1) is 0 Å². The summed E-state index contributed by atoms with van der Waals surface area (Å²) < 4.78 is 14.2. The monoisotopic (exact) mass is 711 g/mol. The minimum Gasteiger partial charge on any atom is -0.478 e. The van der Waals surface area contributed by atoms with Crippen LogP contribution in [-0.2, 0) is 0 Å².